The van der Waals surface area contributed by atoms with E-state index in [1.165, 1.54) is 0 Å². The molecule has 5 atom stereocenters. The summed E-state index contributed by atoms with van der Waals surface area (Å²) in [4.78, 5) is 24.9. The topological polar surface area (TPSA) is 130 Å². The van der Waals surface area contributed by atoms with Gasteiger partial charge in [0.15, 0.2) is 5.03 Å². The van der Waals surface area contributed by atoms with Gasteiger partial charge in [-0.1, -0.05) is 46.5 Å². The van der Waals surface area contributed by atoms with Gasteiger partial charge in [-0.05, 0) is 55.8 Å². The van der Waals surface area contributed by atoms with Gasteiger partial charge in [0.25, 0.3) is 5.96 Å². The lowest BCUT2D eigenvalue weighted by Crippen LogP contribution is -2.65. The van der Waals surface area contributed by atoms with Gasteiger partial charge in [0.1, 0.15) is 0 Å². The maximum Gasteiger partial charge on any atom is 0.481 e. The summed E-state index contributed by atoms with van der Waals surface area (Å²) in [5, 5.41) is 20.8. The number of nitro groups is 1. The molecule has 32 heavy (non-hydrogen) atoms. The average Bonchev–Trinajstić information content (AvgIpc) is 3.03. The van der Waals surface area contributed by atoms with Crippen LogP contribution in [0.25, 0.3) is 0 Å². The fraction of sp³-hybridized carbons (Fsp3) is 0.857. The molecule has 0 aromatic carbocycles. The summed E-state index contributed by atoms with van der Waals surface area (Å²) < 4.78 is 12.9. The van der Waals surface area contributed by atoms with Gasteiger partial charge >= 0.3 is 13.1 Å². The molecule has 1 saturated heterocycles. The maximum atomic E-state index is 13.1. The summed E-state index contributed by atoms with van der Waals surface area (Å²) in [5.41, 5.74) is 1.60. The van der Waals surface area contributed by atoms with Crippen LogP contribution < -0.4 is 10.7 Å². The largest absolute Gasteiger partial charge is 0.481 e. The van der Waals surface area contributed by atoms with Crippen LogP contribution in [0.2, 0.25) is 0 Å². The van der Waals surface area contributed by atoms with Crippen molar-refractivity contribution in [1.82, 2.24) is 15.6 Å². The predicted molar refractivity (Wildman–Crippen MR) is 121 cm³/mol. The van der Waals surface area contributed by atoms with Gasteiger partial charge in [-0.2, -0.15) is 0 Å². The van der Waals surface area contributed by atoms with E-state index in [9.17, 15) is 14.9 Å². The van der Waals surface area contributed by atoms with E-state index in [1.54, 1.807) is 5.43 Å². The third-order valence-electron chi connectivity index (χ3n) is 7.68. The Labute approximate surface area is 190 Å². The lowest BCUT2D eigenvalue weighted by atomic mass is 9.43. The first-order chi connectivity index (χ1) is 14.9. The van der Waals surface area contributed by atoms with Gasteiger partial charge in [-0.3, -0.25) is 10.3 Å². The van der Waals surface area contributed by atoms with Crippen molar-refractivity contribution in [3.8, 4) is 0 Å². The molecule has 10 nitrogen and oxygen atoms in total. The molecule has 2 amide bonds. The minimum Gasteiger partial charge on any atom is -0.404 e. The fourth-order valence-corrected chi connectivity index (χ4v) is 5.79. The van der Waals surface area contributed by atoms with E-state index in [1.807, 2.05) is 0 Å². The molecular weight excluding hydrogens is 413 g/mol. The molecule has 4 fully saturated rings. The van der Waals surface area contributed by atoms with Crippen molar-refractivity contribution in [2.45, 2.75) is 84.4 Å². The molecule has 0 aromatic rings. The van der Waals surface area contributed by atoms with Crippen LogP contribution in [0.5, 0.6) is 0 Å². The highest BCUT2D eigenvalue weighted by Gasteiger charge is 2.68. The Bertz CT molecular complexity index is 750. The van der Waals surface area contributed by atoms with Gasteiger partial charge in [-0.25, -0.2) is 14.9 Å². The number of carbonyl (C=O) groups is 1. The normalized spacial score (nSPS) is 30.8. The summed E-state index contributed by atoms with van der Waals surface area (Å²) in [6.07, 6.45) is 3.76. The Balaban J connectivity index is 1.74. The molecule has 4 aliphatic rings. The third kappa shape index (κ3) is 4.59. The van der Waals surface area contributed by atoms with Crippen LogP contribution in [0.4, 0.5) is 4.79 Å². The number of hydrazine groups is 1. The Morgan fingerprint density at radius 3 is 2.62 bits per heavy atom. The number of guanidine groups is 1. The van der Waals surface area contributed by atoms with Crippen LogP contribution in [0.3, 0.4) is 0 Å². The smallest absolute Gasteiger partial charge is 0.404 e. The molecule has 1 heterocycles. The van der Waals surface area contributed by atoms with Crippen molar-refractivity contribution in [1.29, 1.82) is 5.41 Å². The first-order valence-electron chi connectivity index (χ1n) is 11.6. The van der Waals surface area contributed by atoms with Crippen LogP contribution in [-0.2, 0) is 9.31 Å². The van der Waals surface area contributed by atoms with E-state index in [4.69, 9.17) is 14.7 Å². The SMILES string of the molecule is [CH2]CCCN(C(=N)N[N+](=O)[O-])C(=O)N[C@@H](CC(C)C)B1O[C@@H]2C[C@@H]3C[C@@H](C3(C)C)[C@]2(C)O1. The molecule has 179 valence electrons. The summed E-state index contributed by atoms with van der Waals surface area (Å²) >= 11 is 0. The van der Waals surface area contributed by atoms with Gasteiger partial charge in [0.2, 0.25) is 0 Å². The molecule has 4 rings (SSSR count). The second-order valence-electron chi connectivity index (χ2n) is 10.6. The van der Waals surface area contributed by atoms with E-state index in [2.05, 4.69) is 46.9 Å². The highest BCUT2D eigenvalue weighted by atomic mass is 16.7. The maximum absolute atomic E-state index is 13.1. The minimum atomic E-state index is -0.846. The van der Waals surface area contributed by atoms with Crippen LogP contribution in [0.15, 0.2) is 0 Å². The standard InChI is InChI=1S/C21H37BN5O5/c1-7-8-9-26(18(23)25-27(29)30)19(28)24-17(10-13(2)3)22-31-16-12-14-11-15(20(14,4)5)21(16,6)32-22/h13-17H,1,7-12H2,2-6H3,(H2,23,25)(H,24,28)/t14-,15-,16+,17-,21-/m0/s1. The number of carbonyl (C=O) groups excluding carboxylic acids is 1. The minimum absolute atomic E-state index is 0.00689. The number of hydrogen-bond donors (Lipinski definition) is 3. The zero-order valence-corrected chi connectivity index (χ0v) is 19.8. The summed E-state index contributed by atoms with van der Waals surface area (Å²) in [6, 6.07) is -0.583. The summed E-state index contributed by atoms with van der Waals surface area (Å²) in [5.74, 6) is 0.275. The van der Waals surface area contributed by atoms with E-state index in [-0.39, 0.29) is 24.0 Å². The molecule has 0 unspecified atom stereocenters. The molecule has 2 bridgehead atoms. The van der Waals surface area contributed by atoms with Crippen LogP contribution in [0.1, 0.15) is 66.7 Å². The Morgan fingerprint density at radius 1 is 1.38 bits per heavy atom. The number of unbranched alkanes of at least 4 members (excludes halogenated alkanes) is 1. The van der Waals surface area contributed by atoms with Crippen LogP contribution >= 0.6 is 0 Å². The number of hydrogen-bond acceptors (Lipinski definition) is 6. The zero-order chi connectivity index (χ0) is 23.8. The second kappa shape index (κ2) is 9.17. The van der Waals surface area contributed by atoms with E-state index < -0.39 is 35.7 Å². The quantitative estimate of drug-likeness (QED) is 0.171. The van der Waals surface area contributed by atoms with Gasteiger partial charge < -0.3 is 14.6 Å². The molecule has 0 spiro atoms. The van der Waals surface area contributed by atoms with Crippen LogP contribution in [0, 0.1) is 45.6 Å². The van der Waals surface area contributed by atoms with Crippen molar-refractivity contribution in [3.63, 3.8) is 0 Å². The molecule has 1 aliphatic heterocycles. The molecule has 1 radical (unpaired) electrons. The fourth-order valence-electron chi connectivity index (χ4n) is 5.79. The highest BCUT2D eigenvalue weighted by Crippen LogP contribution is 2.65. The van der Waals surface area contributed by atoms with Gasteiger partial charge in [-0.15, -0.1) is 0 Å². The van der Waals surface area contributed by atoms with Crippen molar-refractivity contribution >= 4 is 19.1 Å². The van der Waals surface area contributed by atoms with Crippen molar-refractivity contribution in [2.24, 2.45) is 23.2 Å². The summed E-state index contributed by atoms with van der Waals surface area (Å²) in [6.45, 7) is 14.7. The predicted octanol–water partition coefficient (Wildman–Crippen LogP) is 3.01. The Hall–Kier alpha value is -1.88. The van der Waals surface area contributed by atoms with Crippen molar-refractivity contribution in [3.05, 3.63) is 17.0 Å². The molecule has 0 aromatic heterocycles. The first-order valence-corrected chi connectivity index (χ1v) is 11.6. The molecule has 3 aliphatic carbocycles. The molecule has 11 heteroatoms. The number of rotatable bonds is 8. The molecular formula is C21H37BN5O5. The van der Waals surface area contributed by atoms with E-state index >= 15 is 0 Å². The van der Waals surface area contributed by atoms with Gasteiger partial charge in [0.05, 0.1) is 17.6 Å². The first kappa shape index (κ1) is 24.8. The van der Waals surface area contributed by atoms with Crippen molar-refractivity contribution in [2.75, 3.05) is 6.54 Å². The number of urea groups is 1. The van der Waals surface area contributed by atoms with Gasteiger partial charge in [0, 0.05) is 6.54 Å². The second-order valence-corrected chi connectivity index (χ2v) is 10.6. The lowest BCUT2D eigenvalue weighted by Gasteiger charge is -2.64. The van der Waals surface area contributed by atoms with Crippen molar-refractivity contribution < 1.29 is 19.1 Å². The van der Waals surface area contributed by atoms with Crippen LogP contribution in [-0.4, -0.2) is 53.2 Å². The van der Waals surface area contributed by atoms with E-state index in [0.29, 0.717) is 31.1 Å². The Kier molecular flexibility index (Phi) is 7.10. The lowest BCUT2D eigenvalue weighted by molar-refractivity contribution is -0.526. The average molecular weight is 450 g/mol. The number of nitrogens with zero attached hydrogens (tertiary/aromatic N) is 2. The number of amides is 2. The summed E-state index contributed by atoms with van der Waals surface area (Å²) in [7, 11) is -0.598. The zero-order valence-electron chi connectivity index (χ0n) is 19.8. The number of nitrogens with one attached hydrogen (secondary N) is 3. The Morgan fingerprint density at radius 2 is 2.06 bits per heavy atom. The highest BCUT2D eigenvalue weighted by molar-refractivity contribution is 6.47. The molecule has 3 saturated carbocycles. The monoisotopic (exact) mass is 450 g/mol. The third-order valence-corrected chi connectivity index (χ3v) is 7.68. The molecule has 3 N–H and O–H groups in total. The van der Waals surface area contributed by atoms with E-state index in [0.717, 1.165) is 17.7 Å².